The zero-order valence-electron chi connectivity index (χ0n) is 12.0. The third-order valence-corrected chi connectivity index (χ3v) is 4.17. The Balaban J connectivity index is 2.46. The number of urea groups is 1. The van der Waals surface area contributed by atoms with Crippen LogP contribution in [0.5, 0.6) is 0 Å². The molecule has 1 aliphatic heterocycles. The van der Waals surface area contributed by atoms with Crippen molar-refractivity contribution in [1.29, 1.82) is 0 Å². The van der Waals surface area contributed by atoms with E-state index in [9.17, 15) is 14.4 Å². The molecule has 1 saturated heterocycles. The Morgan fingerprint density at radius 2 is 2.00 bits per heavy atom. The lowest BCUT2D eigenvalue weighted by Gasteiger charge is -2.42. The number of nitrogens with zero attached hydrogens (tertiary/aromatic N) is 2. The summed E-state index contributed by atoms with van der Waals surface area (Å²) in [4.78, 5) is 39.4. The third kappa shape index (κ3) is 1.97. The second kappa shape index (κ2) is 5.23. The Morgan fingerprint density at radius 1 is 1.30 bits per heavy atom. The maximum absolute atomic E-state index is 12.7. The lowest BCUT2D eigenvalue weighted by atomic mass is 9.73. The van der Waals surface area contributed by atoms with Crippen LogP contribution in [0.15, 0.2) is 24.3 Å². The summed E-state index contributed by atoms with van der Waals surface area (Å²) >= 11 is 0. The Morgan fingerprint density at radius 3 is 2.55 bits per heavy atom. The van der Waals surface area contributed by atoms with E-state index in [4.69, 9.17) is 0 Å². The number of allylic oxidation sites excluding steroid dienone is 1. The maximum Gasteiger partial charge on any atom is 0.333 e. The molecule has 20 heavy (non-hydrogen) atoms. The number of rotatable bonds is 3. The van der Waals surface area contributed by atoms with Crippen LogP contribution < -0.4 is 0 Å². The average Bonchev–Trinajstić information content (AvgIpc) is 2.48. The largest absolute Gasteiger partial charge is 0.333 e. The van der Waals surface area contributed by atoms with Crippen molar-refractivity contribution in [2.45, 2.75) is 32.6 Å². The summed E-state index contributed by atoms with van der Waals surface area (Å²) < 4.78 is 0. The van der Waals surface area contributed by atoms with Crippen molar-refractivity contribution in [3.05, 3.63) is 24.3 Å². The fourth-order valence-electron chi connectivity index (χ4n) is 2.91. The van der Waals surface area contributed by atoms with Crippen LogP contribution in [0.1, 0.15) is 32.6 Å². The van der Waals surface area contributed by atoms with Gasteiger partial charge in [-0.1, -0.05) is 12.2 Å². The normalized spacial score (nSPS) is 27.7. The first-order valence-corrected chi connectivity index (χ1v) is 6.89. The summed E-state index contributed by atoms with van der Waals surface area (Å²) in [6.07, 6.45) is 7.14. The molecule has 2 rings (SSSR count). The first-order valence-electron chi connectivity index (χ1n) is 6.89. The van der Waals surface area contributed by atoms with Gasteiger partial charge >= 0.3 is 6.03 Å². The Kier molecular flexibility index (Phi) is 3.79. The quantitative estimate of drug-likeness (QED) is 0.586. The van der Waals surface area contributed by atoms with Crippen molar-refractivity contribution in [1.82, 2.24) is 9.80 Å². The molecule has 0 aromatic heterocycles. The molecule has 0 spiro atoms. The van der Waals surface area contributed by atoms with E-state index in [1.165, 1.54) is 13.1 Å². The number of hydrogen-bond donors (Lipinski definition) is 0. The Labute approximate surface area is 118 Å². The summed E-state index contributed by atoms with van der Waals surface area (Å²) in [5.74, 6) is -0.861. The molecule has 0 aromatic carbocycles. The van der Waals surface area contributed by atoms with Crippen LogP contribution in [0, 0.1) is 5.41 Å². The first kappa shape index (κ1) is 14.5. The summed E-state index contributed by atoms with van der Waals surface area (Å²) in [7, 11) is 1.43. The van der Waals surface area contributed by atoms with Crippen molar-refractivity contribution in [2.24, 2.45) is 5.41 Å². The van der Waals surface area contributed by atoms with Gasteiger partial charge in [-0.2, -0.15) is 0 Å². The van der Waals surface area contributed by atoms with E-state index in [0.717, 1.165) is 41.1 Å². The summed E-state index contributed by atoms with van der Waals surface area (Å²) in [5.41, 5.74) is -0.404. The summed E-state index contributed by atoms with van der Waals surface area (Å²) in [6, 6.07) is -0.575. The van der Waals surface area contributed by atoms with E-state index in [1.807, 2.05) is 6.08 Å². The van der Waals surface area contributed by atoms with Gasteiger partial charge in [-0.25, -0.2) is 4.79 Å². The van der Waals surface area contributed by atoms with Crippen molar-refractivity contribution in [2.75, 3.05) is 13.6 Å². The fraction of sp³-hybridized carbons (Fsp3) is 0.533. The predicted octanol–water partition coefficient (Wildman–Crippen LogP) is 2.10. The van der Waals surface area contributed by atoms with Gasteiger partial charge in [-0.05, 0) is 38.2 Å². The lowest BCUT2D eigenvalue weighted by molar-refractivity contribution is -0.153. The highest BCUT2D eigenvalue weighted by Crippen LogP contribution is 2.40. The van der Waals surface area contributed by atoms with E-state index in [0.29, 0.717) is 0 Å². The Bertz CT molecular complexity index is 509. The first-order chi connectivity index (χ1) is 9.44. The topological polar surface area (TPSA) is 57.7 Å². The summed E-state index contributed by atoms with van der Waals surface area (Å²) in [6.45, 7) is 5.32. The maximum atomic E-state index is 12.7. The predicted molar refractivity (Wildman–Crippen MR) is 74.7 cm³/mol. The molecule has 0 N–H and O–H groups in total. The van der Waals surface area contributed by atoms with Crippen molar-refractivity contribution in [3.8, 4) is 0 Å². The molecule has 0 bridgehead atoms. The number of imide groups is 2. The molecular weight excluding hydrogens is 256 g/mol. The lowest BCUT2D eigenvalue weighted by Crippen LogP contribution is -2.63. The van der Waals surface area contributed by atoms with Gasteiger partial charge in [0.2, 0.25) is 5.91 Å². The van der Waals surface area contributed by atoms with Gasteiger partial charge < -0.3 is 0 Å². The van der Waals surface area contributed by atoms with Crippen LogP contribution >= 0.6 is 0 Å². The number of carbonyl (C=O) groups is 3. The minimum absolute atomic E-state index is 0.123. The van der Waals surface area contributed by atoms with Crippen LogP contribution in [-0.2, 0) is 9.59 Å². The molecule has 0 aromatic rings. The monoisotopic (exact) mass is 276 g/mol. The number of carbonyl (C=O) groups excluding carboxylic acids is 3. The third-order valence-electron chi connectivity index (χ3n) is 4.17. The van der Waals surface area contributed by atoms with Crippen LogP contribution in [0.2, 0.25) is 0 Å². The van der Waals surface area contributed by atoms with Gasteiger partial charge in [0, 0.05) is 13.6 Å². The van der Waals surface area contributed by atoms with Crippen LogP contribution in [-0.4, -0.2) is 41.2 Å². The molecule has 0 radical (unpaired) electrons. The average molecular weight is 276 g/mol. The standard InChI is InChI=1S/C15H20N2O3/c1-4-10-17-13(19)15(2,11-8-6-5-7-9-11)12(18)16(3)14(17)20/h4,8H,1,5-7,9-10H2,2-3H3. The second-order valence-electron chi connectivity index (χ2n) is 5.45. The molecule has 108 valence electrons. The number of hydrogen-bond acceptors (Lipinski definition) is 3. The van der Waals surface area contributed by atoms with Gasteiger partial charge in [0.25, 0.3) is 5.91 Å². The Hall–Kier alpha value is -1.91. The van der Waals surface area contributed by atoms with E-state index < -0.39 is 23.3 Å². The van der Waals surface area contributed by atoms with E-state index >= 15 is 0 Å². The van der Waals surface area contributed by atoms with E-state index in [-0.39, 0.29) is 6.54 Å². The second-order valence-corrected chi connectivity index (χ2v) is 5.45. The zero-order valence-corrected chi connectivity index (χ0v) is 12.0. The minimum Gasteiger partial charge on any atom is -0.273 e. The van der Waals surface area contributed by atoms with Crippen LogP contribution in [0.4, 0.5) is 4.79 Å². The highest BCUT2D eigenvalue weighted by molar-refractivity contribution is 6.20. The fourth-order valence-corrected chi connectivity index (χ4v) is 2.91. The molecule has 1 fully saturated rings. The number of amides is 4. The van der Waals surface area contributed by atoms with E-state index in [2.05, 4.69) is 6.58 Å². The molecular formula is C15H20N2O3. The molecule has 1 aliphatic carbocycles. The highest BCUT2D eigenvalue weighted by atomic mass is 16.2. The van der Waals surface area contributed by atoms with Gasteiger partial charge in [-0.3, -0.25) is 19.4 Å². The van der Waals surface area contributed by atoms with Crippen molar-refractivity contribution in [3.63, 3.8) is 0 Å². The molecule has 1 atom stereocenters. The van der Waals surface area contributed by atoms with Gasteiger partial charge in [0.15, 0.2) is 0 Å². The summed E-state index contributed by atoms with van der Waals surface area (Å²) in [5, 5.41) is 0. The number of barbiturate groups is 1. The van der Waals surface area contributed by atoms with Crippen LogP contribution in [0.3, 0.4) is 0 Å². The molecule has 5 nitrogen and oxygen atoms in total. The molecule has 1 unspecified atom stereocenters. The molecule has 0 saturated carbocycles. The van der Waals surface area contributed by atoms with Crippen molar-refractivity contribution < 1.29 is 14.4 Å². The van der Waals surface area contributed by atoms with Gasteiger partial charge in [0.05, 0.1) is 0 Å². The molecule has 4 amide bonds. The van der Waals surface area contributed by atoms with Crippen LogP contribution in [0.25, 0.3) is 0 Å². The van der Waals surface area contributed by atoms with E-state index in [1.54, 1.807) is 6.92 Å². The minimum atomic E-state index is -1.24. The SMILES string of the molecule is C=CCN1C(=O)N(C)C(=O)C(C)(C2=CCCCC2)C1=O. The smallest absolute Gasteiger partial charge is 0.273 e. The highest BCUT2D eigenvalue weighted by Gasteiger charge is 2.54. The molecule has 2 aliphatic rings. The van der Waals surface area contributed by atoms with Gasteiger partial charge in [-0.15, -0.1) is 6.58 Å². The molecule has 1 heterocycles. The zero-order chi connectivity index (χ0) is 14.9. The molecule has 5 heteroatoms. The van der Waals surface area contributed by atoms with Crippen molar-refractivity contribution >= 4 is 17.8 Å². The van der Waals surface area contributed by atoms with Gasteiger partial charge in [0.1, 0.15) is 5.41 Å².